The van der Waals surface area contributed by atoms with Crippen LogP contribution in [-0.4, -0.2) is 5.78 Å². The Labute approximate surface area is 160 Å². The van der Waals surface area contributed by atoms with Gasteiger partial charge in [0, 0.05) is 29.4 Å². The van der Waals surface area contributed by atoms with Crippen LogP contribution >= 0.6 is 0 Å². The fourth-order valence-electron chi connectivity index (χ4n) is 3.40. The molecule has 0 bridgehead atoms. The first-order valence-corrected chi connectivity index (χ1v) is 9.86. The van der Waals surface area contributed by atoms with Crippen molar-refractivity contribution in [1.82, 2.24) is 0 Å². The molecule has 1 aromatic rings. The highest BCUT2D eigenvalue weighted by molar-refractivity contribution is 5.98. The lowest BCUT2D eigenvalue weighted by molar-refractivity contribution is -0.118. The lowest BCUT2D eigenvalue weighted by atomic mass is 9.77. The van der Waals surface area contributed by atoms with Crippen LogP contribution in [0.2, 0.25) is 0 Å². The molecule has 2 rings (SSSR count). The summed E-state index contributed by atoms with van der Waals surface area (Å²) >= 11 is 0. The number of hydrogen-bond acceptors (Lipinski definition) is 2. The van der Waals surface area contributed by atoms with E-state index in [0.717, 1.165) is 22.6 Å². The number of ether oxygens (including phenoxy) is 1. The summed E-state index contributed by atoms with van der Waals surface area (Å²) in [4.78, 5) is 12.8. The summed E-state index contributed by atoms with van der Waals surface area (Å²) in [5.41, 5.74) is 4.57. The van der Waals surface area contributed by atoms with Gasteiger partial charge in [0.25, 0.3) is 0 Å². The molecule has 1 aromatic carbocycles. The van der Waals surface area contributed by atoms with Gasteiger partial charge in [0.1, 0.15) is 11.5 Å². The van der Waals surface area contributed by atoms with E-state index >= 15 is 0 Å². The molecule has 0 amide bonds. The number of allylic oxidation sites excluding steroid dienone is 2. The molecule has 0 unspecified atom stereocenters. The van der Waals surface area contributed by atoms with Crippen LogP contribution in [0, 0.1) is 11.8 Å². The van der Waals surface area contributed by atoms with Gasteiger partial charge in [-0.05, 0) is 22.0 Å². The number of carbonyl (C=O) groups excluding carboxylic acids is 1. The topological polar surface area (TPSA) is 26.3 Å². The highest BCUT2D eigenvalue weighted by atomic mass is 16.5. The van der Waals surface area contributed by atoms with E-state index < -0.39 is 0 Å². The molecule has 1 aliphatic rings. The molecule has 0 radical (unpaired) electrons. The van der Waals surface area contributed by atoms with Gasteiger partial charge in [-0.2, -0.15) is 0 Å². The van der Waals surface area contributed by atoms with Gasteiger partial charge in [-0.15, -0.1) is 0 Å². The largest absolute Gasteiger partial charge is 0.460 e. The van der Waals surface area contributed by atoms with Crippen LogP contribution in [0.4, 0.5) is 0 Å². The highest BCUT2D eigenvalue weighted by Gasteiger charge is 2.33. The molecule has 0 aliphatic carbocycles. The van der Waals surface area contributed by atoms with Crippen molar-refractivity contribution in [3.05, 3.63) is 40.2 Å². The molecule has 1 aliphatic heterocycles. The van der Waals surface area contributed by atoms with Gasteiger partial charge in [0.2, 0.25) is 0 Å². The number of hydrogen-bond donors (Lipinski definition) is 0. The van der Waals surface area contributed by atoms with Gasteiger partial charge in [-0.1, -0.05) is 81.4 Å². The highest BCUT2D eigenvalue weighted by Crippen LogP contribution is 2.43. The minimum Gasteiger partial charge on any atom is -0.460 e. The van der Waals surface area contributed by atoms with E-state index in [-0.39, 0.29) is 28.4 Å². The van der Waals surface area contributed by atoms with Gasteiger partial charge >= 0.3 is 0 Å². The average molecular weight is 357 g/mol. The molecule has 0 spiro atoms. The Hall–Kier alpha value is -1.57. The lowest BCUT2D eigenvalue weighted by Crippen LogP contribution is -2.26. The Morgan fingerprint density at radius 3 is 1.96 bits per heavy atom. The zero-order valence-corrected chi connectivity index (χ0v) is 18.3. The summed E-state index contributed by atoms with van der Waals surface area (Å²) in [6, 6.07) is 4.54. The van der Waals surface area contributed by atoms with Gasteiger partial charge < -0.3 is 4.74 Å². The number of Topliss-reactive ketones (excluding diaryl/α,β-unsaturated/α-hetero) is 1. The van der Waals surface area contributed by atoms with Gasteiger partial charge in [-0.25, -0.2) is 0 Å². The molecular formula is C24H36O2. The zero-order valence-electron chi connectivity index (χ0n) is 18.3. The van der Waals surface area contributed by atoms with E-state index in [0.29, 0.717) is 6.42 Å². The molecule has 0 N–H and O–H groups in total. The molecule has 0 fully saturated rings. The van der Waals surface area contributed by atoms with Crippen molar-refractivity contribution in [2.75, 3.05) is 0 Å². The van der Waals surface area contributed by atoms with Crippen molar-refractivity contribution in [3.63, 3.8) is 0 Å². The second kappa shape index (κ2) is 6.87. The third-order valence-corrected chi connectivity index (χ3v) is 5.06. The summed E-state index contributed by atoms with van der Waals surface area (Å²) in [6.07, 6.45) is 0.673. The number of rotatable bonds is 3. The summed E-state index contributed by atoms with van der Waals surface area (Å²) in [5.74, 6) is 2.20. The van der Waals surface area contributed by atoms with Gasteiger partial charge in [-0.3, -0.25) is 4.79 Å². The number of fused-ring (bicyclic) bond motifs is 1. The van der Waals surface area contributed by atoms with Gasteiger partial charge in [0.05, 0.1) is 0 Å². The fraction of sp³-hybridized carbons (Fsp3) is 0.625. The minimum atomic E-state index is -0.0208. The Morgan fingerprint density at radius 2 is 1.54 bits per heavy atom. The predicted octanol–water partition coefficient (Wildman–Crippen LogP) is 6.35. The third kappa shape index (κ3) is 4.05. The van der Waals surface area contributed by atoms with Crippen LogP contribution in [0.15, 0.2) is 23.5 Å². The molecule has 2 heteroatoms. The summed E-state index contributed by atoms with van der Waals surface area (Å²) < 4.78 is 6.46. The first-order chi connectivity index (χ1) is 11.7. The second-order valence-electron chi connectivity index (χ2n) is 10.3. The smallest absolute Gasteiger partial charge is 0.165 e. The first-order valence-electron chi connectivity index (χ1n) is 9.86. The normalized spacial score (nSPS) is 15.4. The maximum atomic E-state index is 12.8. The molecule has 2 nitrogen and oxygen atoms in total. The molecule has 1 heterocycles. The summed E-state index contributed by atoms with van der Waals surface area (Å²) in [5, 5.41) is 0. The van der Waals surface area contributed by atoms with Crippen molar-refractivity contribution < 1.29 is 9.53 Å². The molecule has 0 saturated carbocycles. The van der Waals surface area contributed by atoms with Crippen molar-refractivity contribution in [2.24, 2.45) is 11.8 Å². The maximum absolute atomic E-state index is 12.8. The monoisotopic (exact) mass is 356 g/mol. The standard InChI is InChI=1S/C24H36O2/c1-14(2)20(25)18-12-16-11-17(23(5,6)7)13-19(24(8,9)10)22(16)26-21(18)15(3)4/h11,13-15H,12H2,1-10H3. The van der Waals surface area contributed by atoms with E-state index in [1.54, 1.807) is 0 Å². The van der Waals surface area contributed by atoms with Crippen LogP contribution in [0.5, 0.6) is 5.75 Å². The number of ketones is 1. The average Bonchev–Trinajstić information content (AvgIpc) is 2.49. The van der Waals surface area contributed by atoms with Crippen molar-refractivity contribution in [3.8, 4) is 5.75 Å². The molecule has 0 aromatic heterocycles. The SMILES string of the molecule is CC(C)C(=O)C1=C(C(C)C)Oc2c(cc(C(C)(C)C)cc2C(C)(C)C)C1. The summed E-state index contributed by atoms with van der Waals surface area (Å²) in [6.45, 7) is 21.5. The fourth-order valence-corrected chi connectivity index (χ4v) is 3.40. The minimum absolute atomic E-state index is 0.0169. The zero-order chi connectivity index (χ0) is 20.0. The number of benzene rings is 1. The maximum Gasteiger partial charge on any atom is 0.165 e. The van der Waals surface area contributed by atoms with E-state index in [1.165, 1.54) is 11.1 Å². The summed E-state index contributed by atoms with van der Waals surface area (Å²) in [7, 11) is 0. The molecular weight excluding hydrogens is 320 g/mol. The van der Waals surface area contributed by atoms with Crippen molar-refractivity contribution in [2.45, 2.75) is 86.5 Å². The molecule has 0 saturated heterocycles. The van der Waals surface area contributed by atoms with Crippen LogP contribution < -0.4 is 4.74 Å². The second-order valence-corrected chi connectivity index (χ2v) is 10.3. The Kier molecular flexibility index (Phi) is 5.48. The van der Waals surface area contributed by atoms with Crippen LogP contribution in [0.1, 0.15) is 85.9 Å². The Balaban J connectivity index is 2.71. The molecule has 144 valence electrons. The van der Waals surface area contributed by atoms with Crippen LogP contribution in [-0.2, 0) is 22.0 Å². The molecule has 0 atom stereocenters. The lowest BCUT2D eigenvalue weighted by Gasteiger charge is -2.33. The van der Waals surface area contributed by atoms with Crippen LogP contribution in [0.25, 0.3) is 0 Å². The Morgan fingerprint density at radius 1 is 0.962 bits per heavy atom. The number of carbonyl (C=O) groups is 1. The van der Waals surface area contributed by atoms with Gasteiger partial charge in [0.15, 0.2) is 5.78 Å². The quantitative estimate of drug-likeness (QED) is 0.630. The van der Waals surface area contributed by atoms with E-state index in [4.69, 9.17) is 4.74 Å². The molecule has 26 heavy (non-hydrogen) atoms. The van der Waals surface area contributed by atoms with Crippen molar-refractivity contribution in [1.29, 1.82) is 0 Å². The third-order valence-electron chi connectivity index (χ3n) is 5.06. The van der Waals surface area contributed by atoms with Crippen molar-refractivity contribution >= 4 is 5.78 Å². The van der Waals surface area contributed by atoms with Crippen LogP contribution in [0.3, 0.4) is 0 Å². The van der Waals surface area contributed by atoms with E-state index in [9.17, 15) is 4.79 Å². The van der Waals surface area contributed by atoms with E-state index in [1.807, 2.05) is 13.8 Å². The van der Waals surface area contributed by atoms with E-state index in [2.05, 4.69) is 67.5 Å². The predicted molar refractivity (Wildman–Crippen MR) is 110 cm³/mol. The first kappa shape index (κ1) is 20.7. The Bertz CT molecular complexity index is 735.